The second-order valence-electron chi connectivity index (χ2n) is 9.04. The molecule has 0 radical (unpaired) electrons. The fraction of sp³-hybridized carbons (Fsp3) is 0.609. The van der Waals surface area contributed by atoms with E-state index in [-0.39, 0.29) is 17.9 Å². The van der Waals surface area contributed by atoms with Crippen molar-refractivity contribution in [2.45, 2.75) is 50.5 Å². The smallest absolute Gasteiger partial charge is 0.260 e. The average Bonchev–Trinajstić information content (AvgIpc) is 3.51. The number of likely N-dealkylation sites (tertiary alicyclic amines) is 2. The van der Waals surface area contributed by atoms with Crippen LogP contribution < -0.4 is 4.74 Å². The van der Waals surface area contributed by atoms with Gasteiger partial charge in [0.1, 0.15) is 5.75 Å². The molecule has 160 valence electrons. The Labute approximate surface area is 177 Å². The molecule has 2 aromatic rings. The number of benzene rings is 1. The number of hydrogen-bond acceptors (Lipinski definition) is 6. The SMILES string of the molecule is Cc1nnc([C@]23CCN(C(=O)COc4ccccc4)C[C@H]2CN(C2CCCC2)C3)o1. The fourth-order valence-corrected chi connectivity index (χ4v) is 5.60. The third-order valence-electron chi connectivity index (χ3n) is 7.24. The number of aryl methyl sites for hydroxylation is 1. The highest BCUT2D eigenvalue weighted by Gasteiger charge is 2.55. The Kier molecular flexibility index (Phi) is 5.23. The molecule has 5 rings (SSSR count). The number of fused-ring (bicyclic) bond motifs is 1. The molecular formula is C23H30N4O3. The highest BCUT2D eigenvalue weighted by atomic mass is 16.5. The first-order chi connectivity index (χ1) is 14.6. The van der Waals surface area contributed by atoms with E-state index in [0.29, 0.717) is 24.4 Å². The molecule has 7 heteroatoms. The van der Waals surface area contributed by atoms with Gasteiger partial charge in [-0.3, -0.25) is 9.69 Å². The standard InChI is InChI=1S/C23H30N4O3/c1-17-24-25-22(30-17)23-11-12-26(21(28)15-29-20-9-3-2-4-10-20)13-18(23)14-27(16-23)19-7-5-6-8-19/h2-4,9-10,18-19H,5-8,11-16H2,1H3/t18-,23-/m0/s1. The zero-order valence-corrected chi connectivity index (χ0v) is 17.6. The zero-order chi connectivity index (χ0) is 20.6. The van der Waals surface area contributed by atoms with Crippen LogP contribution in [0.3, 0.4) is 0 Å². The predicted octanol–water partition coefficient (Wildman–Crippen LogP) is 2.80. The minimum absolute atomic E-state index is 0.0495. The summed E-state index contributed by atoms with van der Waals surface area (Å²) in [5, 5.41) is 8.56. The van der Waals surface area contributed by atoms with Crippen molar-refractivity contribution in [2.75, 3.05) is 32.8 Å². The number of aromatic nitrogens is 2. The third kappa shape index (κ3) is 3.60. The van der Waals surface area contributed by atoms with Gasteiger partial charge in [0, 0.05) is 45.1 Å². The molecule has 30 heavy (non-hydrogen) atoms. The topological polar surface area (TPSA) is 71.7 Å². The quantitative estimate of drug-likeness (QED) is 0.755. The summed E-state index contributed by atoms with van der Waals surface area (Å²) >= 11 is 0. The predicted molar refractivity (Wildman–Crippen MR) is 111 cm³/mol. The van der Waals surface area contributed by atoms with Gasteiger partial charge in [-0.05, 0) is 31.4 Å². The van der Waals surface area contributed by atoms with Crippen LogP contribution >= 0.6 is 0 Å². The molecule has 1 aromatic carbocycles. The number of nitrogens with zero attached hydrogens (tertiary/aromatic N) is 4. The number of carbonyl (C=O) groups is 1. The van der Waals surface area contributed by atoms with Crippen LogP contribution in [-0.2, 0) is 10.2 Å². The molecule has 0 N–H and O–H groups in total. The molecule has 2 aliphatic heterocycles. The third-order valence-corrected chi connectivity index (χ3v) is 7.24. The first-order valence-corrected chi connectivity index (χ1v) is 11.1. The van der Waals surface area contributed by atoms with E-state index in [2.05, 4.69) is 15.1 Å². The van der Waals surface area contributed by atoms with Gasteiger partial charge in [0.15, 0.2) is 6.61 Å². The molecule has 0 unspecified atom stereocenters. The summed E-state index contributed by atoms with van der Waals surface area (Å²) in [5.41, 5.74) is -0.138. The monoisotopic (exact) mass is 410 g/mol. The van der Waals surface area contributed by atoms with Crippen molar-refractivity contribution in [3.8, 4) is 5.75 Å². The first-order valence-electron chi connectivity index (χ1n) is 11.1. The maximum Gasteiger partial charge on any atom is 0.260 e. The lowest BCUT2D eigenvalue weighted by Crippen LogP contribution is -2.52. The van der Waals surface area contributed by atoms with E-state index in [1.165, 1.54) is 25.7 Å². The second-order valence-corrected chi connectivity index (χ2v) is 9.04. The van der Waals surface area contributed by atoms with Crippen LogP contribution in [0, 0.1) is 12.8 Å². The van der Waals surface area contributed by atoms with Crippen LogP contribution in [0.25, 0.3) is 0 Å². The number of hydrogen-bond donors (Lipinski definition) is 0. The van der Waals surface area contributed by atoms with Crippen molar-refractivity contribution in [2.24, 2.45) is 5.92 Å². The van der Waals surface area contributed by atoms with E-state index in [9.17, 15) is 4.79 Å². The maximum absolute atomic E-state index is 12.9. The molecule has 7 nitrogen and oxygen atoms in total. The van der Waals surface area contributed by atoms with Crippen molar-refractivity contribution in [1.82, 2.24) is 20.0 Å². The Balaban J connectivity index is 1.31. The molecule has 3 aliphatic rings. The van der Waals surface area contributed by atoms with Gasteiger partial charge in [-0.1, -0.05) is 31.0 Å². The van der Waals surface area contributed by atoms with Crippen LogP contribution in [0.4, 0.5) is 0 Å². The number of para-hydroxylation sites is 1. The molecule has 1 aliphatic carbocycles. The molecule has 1 aromatic heterocycles. The Morgan fingerprint density at radius 1 is 1.20 bits per heavy atom. The van der Waals surface area contributed by atoms with E-state index in [1.54, 1.807) is 0 Å². The summed E-state index contributed by atoms with van der Waals surface area (Å²) in [7, 11) is 0. The fourth-order valence-electron chi connectivity index (χ4n) is 5.60. The lowest BCUT2D eigenvalue weighted by molar-refractivity contribution is -0.136. The summed E-state index contributed by atoms with van der Waals surface area (Å²) in [6.07, 6.45) is 6.05. The van der Waals surface area contributed by atoms with Gasteiger partial charge in [0.2, 0.25) is 11.8 Å². The molecule has 0 bridgehead atoms. The van der Waals surface area contributed by atoms with Gasteiger partial charge in [0.25, 0.3) is 5.91 Å². The van der Waals surface area contributed by atoms with Gasteiger partial charge in [-0.25, -0.2) is 0 Å². The van der Waals surface area contributed by atoms with Crippen LogP contribution in [0.5, 0.6) is 5.75 Å². The zero-order valence-electron chi connectivity index (χ0n) is 17.6. The van der Waals surface area contributed by atoms with Crippen molar-refractivity contribution in [3.05, 3.63) is 42.1 Å². The van der Waals surface area contributed by atoms with Gasteiger partial charge in [-0.2, -0.15) is 0 Å². The summed E-state index contributed by atoms with van der Waals surface area (Å²) in [6, 6.07) is 10.2. The minimum atomic E-state index is -0.138. The molecule has 2 atom stereocenters. The average molecular weight is 411 g/mol. The maximum atomic E-state index is 12.9. The number of piperidine rings is 1. The van der Waals surface area contributed by atoms with E-state index < -0.39 is 0 Å². The molecule has 2 saturated heterocycles. The number of carbonyl (C=O) groups excluding carboxylic acids is 1. The lowest BCUT2D eigenvalue weighted by Gasteiger charge is -2.41. The molecule has 1 amide bonds. The Morgan fingerprint density at radius 3 is 2.73 bits per heavy atom. The minimum Gasteiger partial charge on any atom is -0.484 e. The summed E-state index contributed by atoms with van der Waals surface area (Å²) in [5.74, 6) is 2.47. The second kappa shape index (κ2) is 8.02. The number of ether oxygens (including phenoxy) is 1. The van der Waals surface area contributed by atoms with Crippen molar-refractivity contribution < 1.29 is 13.9 Å². The Morgan fingerprint density at radius 2 is 2.00 bits per heavy atom. The highest BCUT2D eigenvalue weighted by molar-refractivity contribution is 5.78. The number of amides is 1. The van der Waals surface area contributed by atoms with E-state index in [4.69, 9.17) is 9.15 Å². The van der Waals surface area contributed by atoms with Gasteiger partial charge >= 0.3 is 0 Å². The van der Waals surface area contributed by atoms with Crippen LogP contribution in [0.15, 0.2) is 34.7 Å². The first kappa shape index (κ1) is 19.5. The lowest BCUT2D eigenvalue weighted by atomic mass is 9.72. The van der Waals surface area contributed by atoms with Crippen LogP contribution in [0.1, 0.15) is 43.9 Å². The normalized spacial score (nSPS) is 27.4. The van der Waals surface area contributed by atoms with Gasteiger partial charge in [-0.15, -0.1) is 10.2 Å². The largest absolute Gasteiger partial charge is 0.484 e. The van der Waals surface area contributed by atoms with Crippen LogP contribution in [-0.4, -0.2) is 64.7 Å². The molecule has 3 heterocycles. The van der Waals surface area contributed by atoms with Crippen molar-refractivity contribution in [3.63, 3.8) is 0 Å². The van der Waals surface area contributed by atoms with Crippen molar-refractivity contribution in [1.29, 1.82) is 0 Å². The van der Waals surface area contributed by atoms with Crippen LogP contribution in [0.2, 0.25) is 0 Å². The Hall–Kier alpha value is -2.41. The molecule has 3 fully saturated rings. The molecular weight excluding hydrogens is 380 g/mol. The summed E-state index contributed by atoms with van der Waals surface area (Å²) < 4.78 is 11.7. The number of rotatable bonds is 5. The van der Waals surface area contributed by atoms with E-state index in [1.807, 2.05) is 42.2 Å². The van der Waals surface area contributed by atoms with E-state index in [0.717, 1.165) is 37.7 Å². The summed E-state index contributed by atoms with van der Waals surface area (Å²) in [6.45, 7) is 5.32. The Bertz CT molecular complexity index is 880. The highest BCUT2D eigenvalue weighted by Crippen LogP contribution is 2.46. The summed E-state index contributed by atoms with van der Waals surface area (Å²) in [4.78, 5) is 17.5. The van der Waals surface area contributed by atoms with Crippen molar-refractivity contribution >= 4 is 5.91 Å². The molecule has 1 saturated carbocycles. The van der Waals surface area contributed by atoms with Gasteiger partial charge in [0.05, 0.1) is 5.41 Å². The molecule has 0 spiro atoms. The van der Waals surface area contributed by atoms with Gasteiger partial charge < -0.3 is 14.1 Å². The van der Waals surface area contributed by atoms with E-state index >= 15 is 0 Å².